The van der Waals surface area contributed by atoms with Crippen molar-refractivity contribution in [1.82, 2.24) is 20.3 Å². The summed E-state index contributed by atoms with van der Waals surface area (Å²) in [6, 6.07) is 0.632. The molecule has 1 fully saturated rings. The molecule has 4 heteroatoms. The predicted octanol–water partition coefficient (Wildman–Crippen LogP) is 0.983. The van der Waals surface area contributed by atoms with Crippen LogP contribution < -0.4 is 5.32 Å². The Bertz CT molecular complexity index is 275. The molecule has 0 amide bonds. The van der Waals surface area contributed by atoms with Crippen molar-refractivity contribution in [1.29, 1.82) is 0 Å². The fourth-order valence-electron chi connectivity index (χ4n) is 2.05. The highest BCUT2D eigenvalue weighted by atomic mass is 15.4. The number of rotatable bonds is 3. The van der Waals surface area contributed by atoms with Gasteiger partial charge in [0.25, 0.3) is 0 Å². The lowest BCUT2D eigenvalue weighted by Gasteiger charge is -2.23. The van der Waals surface area contributed by atoms with E-state index in [1.54, 1.807) is 0 Å². The number of hydrogen-bond donors (Lipinski definition) is 1. The maximum absolute atomic E-state index is 4.04. The molecule has 78 valence electrons. The van der Waals surface area contributed by atoms with E-state index < -0.39 is 0 Å². The third kappa shape index (κ3) is 2.12. The van der Waals surface area contributed by atoms with Crippen molar-refractivity contribution in [2.24, 2.45) is 0 Å². The summed E-state index contributed by atoms with van der Waals surface area (Å²) < 4.78 is 1.98. The quantitative estimate of drug-likeness (QED) is 0.780. The fraction of sp³-hybridized carbons (Fsp3) is 0.800. The van der Waals surface area contributed by atoms with Gasteiger partial charge < -0.3 is 5.32 Å². The minimum absolute atomic E-state index is 0.632. The van der Waals surface area contributed by atoms with Crippen LogP contribution in [0.1, 0.15) is 31.9 Å². The van der Waals surface area contributed by atoms with Crippen LogP contribution in [-0.4, -0.2) is 27.6 Å². The maximum atomic E-state index is 4.04. The summed E-state index contributed by atoms with van der Waals surface area (Å²) in [5.41, 5.74) is 1.26. The molecule has 0 bridgehead atoms. The first-order valence-corrected chi connectivity index (χ1v) is 5.51. The summed E-state index contributed by atoms with van der Waals surface area (Å²) in [4.78, 5) is 0. The van der Waals surface area contributed by atoms with Gasteiger partial charge in [-0.3, -0.25) is 0 Å². The van der Waals surface area contributed by atoms with E-state index in [-0.39, 0.29) is 0 Å². The number of nitrogens with one attached hydrogen (secondary N) is 1. The Morgan fingerprint density at radius 2 is 2.50 bits per heavy atom. The van der Waals surface area contributed by atoms with Crippen molar-refractivity contribution in [3.63, 3.8) is 0 Å². The van der Waals surface area contributed by atoms with Gasteiger partial charge in [-0.25, -0.2) is 4.68 Å². The van der Waals surface area contributed by atoms with Gasteiger partial charge in [0.05, 0.1) is 11.9 Å². The maximum Gasteiger partial charge on any atom is 0.0725 e. The van der Waals surface area contributed by atoms with Gasteiger partial charge in [0.2, 0.25) is 0 Å². The minimum Gasteiger partial charge on any atom is -0.314 e. The Morgan fingerprint density at radius 1 is 1.57 bits per heavy atom. The monoisotopic (exact) mass is 194 g/mol. The molecule has 2 heterocycles. The van der Waals surface area contributed by atoms with E-state index in [4.69, 9.17) is 0 Å². The number of aryl methyl sites for hydroxylation is 1. The minimum atomic E-state index is 0.632. The van der Waals surface area contributed by atoms with Crippen LogP contribution in [0.3, 0.4) is 0 Å². The first-order valence-electron chi connectivity index (χ1n) is 5.51. The van der Waals surface area contributed by atoms with E-state index in [1.807, 2.05) is 10.9 Å². The molecule has 1 atom stereocenters. The van der Waals surface area contributed by atoms with Crippen molar-refractivity contribution in [3.8, 4) is 0 Å². The number of hydrogen-bond acceptors (Lipinski definition) is 3. The van der Waals surface area contributed by atoms with Crippen LogP contribution >= 0.6 is 0 Å². The molecule has 1 aromatic rings. The van der Waals surface area contributed by atoms with E-state index in [9.17, 15) is 0 Å². The molecule has 1 aliphatic rings. The highest BCUT2D eigenvalue weighted by Gasteiger charge is 2.15. The molecule has 2 rings (SSSR count). The van der Waals surface area contributed by atoms with Gasteiger partial charge >= 0.3 is 0 Å². The van der Waals surface area contributed by atoms with Gasteiger partial charge in [-0.05, 0) is 26.3 Å². The molecule has 0 spiro atoms. The Kier molecular flexibility index (Phi) is 3.14. The van der Waals surface area contributed by atoms with Gasteiger partial charge in [-0.1, -0.05) is 11.6 Å². The van der Waals surface area contributed by atoms with Crippen LogP contribution in [0.25, 0.3) is 0 Å². The van der Waals surface area contributed by atoms with E-state index in [0.29, 0.717) is 6.04 Å². The molecule has 14 heavy (non-hydrogen) atoms. The zero-order valence-corrected chi connectivity index (χ0v) is 8.74. The van der Waals surface area contributed by atoms with E-state index >= 15 is 0 Å². The predicted molar refractivity (Wildman–Crippen MR) is 55.0 cm³/mol. The smallest absolute Gasteiger partial charge is 0.0725 e. The Morgan fingerprint density at radius 3 is 3.21 bits per heavy atom. The summed E-state index contributed by atoms with van der Waals surface area (Å²) in [6.07, 6.45) is 6.92. The molecule has 4 nitrogen and oxygen atoms in total. The molecular weight excluding hydrogens is 176 g/mol. The summed E-state index contributed by atoms with van der Waals surface area (Å²) >= 11 is 0. The largest absolute Gasteiger partial charge is 0.314 e. The second-order valence-corrected chi connectivity index (χ2v) is 3.89. The number of piperidine rings is 1. The molecule has 0 aliphatic carbocycles. The third-order valence-electron chi connectivity index (χ3n) is 2.87. The summed E-state index contributed by atoms with van der Waals surface area (Å²) in [5, 5.41) is 11.5. The van der Waals surface area contributed by atoms with Crippen molar-refractivity contribution in [2.45, 2.75) is 45.2 Å². The topological polar surface area (TPSA) is 42.7 Å². The van der Waals surface area contributed by atoms with Crippen LogP contribution in [0.15, 0.2) is 6.20 Å². The Balaban J connectivity index is 1.95. The molecule has 1 aromatic heterocycles. The summed E-state index contributed by atoms with van der Waals surface area (Å²) in [7, 11) is 0. The lowest BCUT2D eigenvalue weighted by atomic mass is 10.0. The lowest BCUT2D eigenvalue weighted by molar-refractivity contribution is 0.391. The first kappa shape index (κ1) is 9.65. The lowest BCUT2D eigenvalue weighted by Crippen LogP contribution is -2.36. The highest BCUT2D eigenvalue weighted by Crippen LogP contribution is 2.11. The van der Waals surface area contributed by atoms with Crippen LogP contribution in [0.2, 0.25) is 0 Å². The van der Waals surface area contributed by atoms with Crippen molar-refractivity contribution < 1.29 is 0 Å². The highest BCUT2D eigenvalue weighted by molar-refractivity contribution is 4.98. The molecule has 1 N–H and O–H groups in total. The molecule has 0 radical (unpaired) electrons. The summed E-state index contributed by atoms with van der Waals surface area (Å²) in [5.74, 6) is 0. The standard InChI is InChI=1S/C10H18N4/c1-2-14-10(8-12-13-14)7-9-5-3-4-6-11-9/h8-9,11H,2-7H2,1H3. The zero-order valence-electron chi connectivity index (χ0n) is 8.74. The SMILES string of the molecule is CCn1nncc1CC1CCCCN1. The van der Waals surface area contributed by atoms with Crippen LogP contribution in [0.5, 0.6) is 0 Å². The van der Waals surface area contributed by atoms with E-state index in [2.05, 4.69) is 22.6 Å². The van der Waals surface area contributed by atoms with E-state index in [0.717, 1.165) is 13.0 Å². The summed E-state index contributed by atoms with van der Waals surface area (Å²) in [6.45, 7) is 4.19. The average Bonchev–Trinajstić information content (AvgIpc) is 2.67. The van der Waals surface area contributed by atoms with E-state index in [1.165, 1.54) is 31.5 Å². The van der Waals surface area contributed by atoms with Crippen LogP contribution in [-0.2, 0) is 13.0 Å². The Labute approximate surface area is 84.7 Å². The molecule has 1 saturated heterocycles. The van der Waals surface area contributed by atoms with Gasteiger partial charge in [0, 0.05) is 19.0 Å². The molecule has 1 unspecified atom stereocenters. The van der Waals surface area contributed by atoms with Gasteiger partial charge in [-0.2, -0.15) is 0 Å². The van der Waals surface area contributed by atoms with Crippen molar-refractivity contribution >= 4 is 0 Å². The van der Waals surface area contributed by atoms with Crippen LogP contribution in [0, 0.1) is 0 Å². The van der Waals surface area contributed by atoms with Crippen molar-refractivity contribution in [2.75, 3.05) is 6.54 Å². The van der Waals surface area contributed by atoms with Gasteiger partial charge in [-0.15, -0.1) is 5.10 Å². The molecule has 0 aromatic carbocycles. The molecular formula is C10H18N4. The second-order valence-electron chi connectivity index (χ2n) is 3.89. The molecule has 1 aliphatic heterocycles. The first-order chi connectivity index (χ1) is 6.90. The van der Waals surface area contributed by atoms with Crippen molar-refractivity contribution in [3.05, 3.63) is 11.9 Å². The number of nitrogens with zero attached hydrogens (tertiary/aromatic N) is 3. The number of aromatic nitrogens is 3. The zero-order chi connectivity index (χ0) is 9.80. The van der Waals surface area contributed by atoms with Gasteiger partial charge in [0.15, 0.2) is 0 Å². The fourth-order valence-corrected chi connectivity index (χ4v) is 2.05. The van der Waals surface area contributed by atoms with Gasteiger partial charge in [0.1, 0.15) is 0 Å². The Hall–Kier alpha value is -0.900. The molecule has 0 saturated carbocycles. The average molecular weight is 194 g/mol. The third-order valence-corrected chi connectivity index (χ3v) is 2.87. The van der Waals surface area contributed by atoms with Crippen LogP contribution in [0.4, 0.5) is 0 Å². The second kappa shape index (κ2) is 4.55. The normalized spacial score (nSPS) is 22.5.